The molecule has 0 radical (unpaired) electrons. The second kappa shape index (κ2) is 13.5. The Kier molecular flexibility index (Phi) is 10.3. The zero-order valence-corrected chi connectivity index (χ0v) is 24.9. The number of anilines is 1. The minimum Gasteiger partial charge on any atom is -0.497 e. The van der Waals surface area contributed by atoms with Crippen LogP contribution in [-0.2, 0) is 26.2 Å². The van der Waals surface area contributed by atoms with Gasteiger partial charge in [0, 0.05) is 13.1 Å². The van der Waals surface area contributed by atoms with E-state index in [1.807, 2.05) is 33.8 Å². The van der Waals surface area contributed by atoms with E-state index in [1.54, 1.807) is 68.6 Å². The minimum atomic E-state index is -4.10. The average Bonchev–Trinajstić information content (AvgIpc) is 2.93. The lowest BCUT2D eigenvalue weighted by Crippen LogP contribution is -2.51. The van der Waals surface area contributed by atoms with Gasteiger partial charge in [-0.15, -0.1) is 0 Å². The van der Waals surface area contributed by atoms with Gasteiger partial charge in [-0.05, 0) is 68.7 Å². The Morgan fingerprint density at radius 1 is 0.900 bits per heavy atom. The molecular formula is C31H39N3O5S. The van der Waals surface area contributed by atoms with Crippen LogP contribution in [0.3, 0.4) is 0 Å². The predicted molar refractivity (Wildman–Crippen MR) is 158 cm³/mol. The number of aryl methyl sites for hydroxylation is 2. The first-order valence-corrected chi connectivity index (χ1v) is 14.7. The standard InChI is InChI=1S/C31H39N3O5S/c1-22(2)19-32-31(36)25(5)33(20-26-8-7-9-28(18-26)39-6)30(35)21-34(27-14-10-23(3)11-15-27)40(37,38)29-16-12-24(4)13-17-29/h7-18,22,25H,19-21H2,1-6H3,(H,32,36). The molecule has 40 heavy (non-hydrogen) atoms. The Morgan fingerprint density at radius 3 is 2.08 bits per heavy atom. The van der Waals surface area contributed by atoms with Crippen LogP contribution in [0.2, 0.25) is 0 Å². The number of hydrogen-bond acceptors (Lipinski definition) is 5. The van der Waals surface area contributed by atoms with Gasteiger partial charge in [-0.2, -0.15) is 0 Å². The third-order valence-corrected chi connectivity index (χ3v) is 8.34. The summed E-state index contributed by atoms with van der Waals surface area (Å²) < 4.78 is 34.2. The highest BCUT2D eigenvalue weighted by Crippen LogP contribution is 2.25. The largest absolute Gasteiger partial charge is 0.497 e. The highest BCUT2D eigenvalue weighted by molar-refractivity contribution is 7.92. The van der Waals surface area contributed by atoms with Gasteiger partial charge >= 0.3 is 0 Å². The molecule has 214 valence electrons. The van der Waals surface area contributed by atoms with Gasteiger partial charge in [0.15, 0.2) is 0 Å². The number of nitrogens with zero attached hydrogens (tertiary/aromatic N) is 2. The van der Waals surface area contributed by atoms with Crippen molar-refractivity contribution in [2.24, 2.45) is 5.92 Å². The van der Waals surface area contributed by atoms with Crippen LogP contribution in [0.25, 0.3) is 0 Å². The first kappa shape index (κ1) is 30.7. The van der Waals surface area contributed by atoms with Crippen molar-refractivity contribution < 1.29 is 22.7 Å². The van der Waals surface area contributed by atoms with Crippen LogP contribution in [0.5, 0.6) is 5.75 Å². The van der Waals surface area contributed by atoms with Crippen LogP contribution in [0.4, 0.5) is 5.69 Å². The van der Waals surface area contributed by atoms with E-state index < -0.39 is 28.5 Å². The van der Waals surface area contributed by atoms with Crippen molar-refractivity contribution in [1.82, 2.24) is 10.2 Å². The van der Waals surface area contributed by atoms with Gasteiger partial charge in [-0.1, -0.05) is 61.4 Å². The molecule has 0 spiro atoms. The summed E-state index contributed by atoms with van der Waals surface area (Å²) in [5.74, 6) is 0.0277. The summed E-state index contributed by atoms with van der Waals surface area (Å²) in [6.45, 7) is 9.48. The highest BCUT2D eigenvalue weighted by Gasteiger charge is 2.32. The normalized spacial score (nSPS) is 12.1. The Balaban J connectivity index is 2.01. The summed E-state index contributed by atoms with van der Waals surface area (Å²) in [5, 5.41) is 2.89. The maximum absolute atomic E-state index is 14.0. The molecule has 9 heteroatoms. The molecular weight excluding hydrogens is 526 g/mol. The van der Waals surface area contributed by atoms with Crippen LogP contribution >= 0.6 is 0 Å². The van der Waals surface area contributed by atoms with Crippen LogP contribution < -0.4 is 14.4 Å². The first-order chi connectivity index (χ1) is 18.9. The van der Waals surface area contributed by atoms with Gasteiger partial charge in [-0.25, -0.2) is 8.42 Å². The molecule has 1 N–H and O–H groups in total. The minimum absolute atomic E-state index is 0.0774. The molecule has 2 amide bonds. The van der Waals surface area contributed by atoms with Crippen molar-refractivity contribution >= 4 is 27.5 Å². The van der Waals surface area contributed by atoms with Gasteiger partial charge < -0.3 is 15.0 Å². The van der Waals surface area contributed by atoms with Crippen molar-refractivity contribution in [1.29, 1.82) is 0 Å². The van der Waals surface area contributed by atoms with Gasteiger partial charge in [0.25, 0.3) is 10.0 Å². The molecule has 0 saturated heterocycles. The highest BCUT2D eigenvalue weighted by atomic mass is 32.2. The van der Waals surface area contributed by atoms with E-state index in [-0.39, 0.29) is 23.3 Å². The molecule has 0 aliphatic rings. The number of carbonyl (C=O) groups excluding carboxylic acids is 2. The maximum atomic E-state index is 14.0. The molecule has 0 aromatic heterocycles. The molecule has 0 fully saturated rings. The lowest BCUT2D eigenvalue weighted by Gasteiger charge is -2.32. The molecule has 1 atom stereocenters. The van der Waals surface area contributed by atoms with Crippen LogP contribution in [0.1, 0.15) is 37.5 Å². The monoisotopic (exact) mass is 565 g/mol. The van der Waals surface area contributed by atoms with E-state index in [0.29, 0.717) is 18.0 Å². The van der Waals surface area contributed by atoms with Crippen molar-refractivity contribution in [3.63, 3.8) is 0 Å². The Bertz CT molecular complexity index is 1400. The summed E-state index contributed by atoms with van der Waals surface area (Å²) in [7, 11) is -2.54. The van der Waals surface area contributed by atoms with Crippen molar-refractivity contribution in [2.75, 3.05) is 24.5 Å². The van der Waals surface area contributed by atoms with Gasteiger partial charge in [0.05, 0.1) is 17.7 Å². The number of amides is 2. The summed E-state index contributed by atoms with van der Waals surface area (Å²) in [6, 6.07) is 19.8. The zero-order valence-electron chi connectivity index (χ0n) is 24.0. The lowest BCUT2D eigenvalue weighted by molar-refractivity contribution is -0.139. The van der Waals surface area contributed by atoms with Crippen molar-refractivity contribution in [3.8, 4) is 5.75 Å². The van der Waals surface area contributed by atoms with Crippen LogP contribution in [0, 0.1) is 19.8 Å². The molecule has 1 unspecified atom stereocenters. The number of ether oxygens (including phenoxy) is 1. The fourth-order valence-electron chi connectivity index (χ4n) is 4.08. The Morgan fingerprint density at radius 2 is 1.50 bits per heavy atom. The third kappa shape index (κ3) is 7.85. The van der Waals surface area contributed by atoms with Gasteiger partial charge in [0.1, 0.15) is 18.3 Å². The molecule has 3 aromatic carbocycles. The van der Waals surface area contributed by atoms with Crippen LogP contribution in [-0.4, -0.2) is 51.4 Å². The van der Waals surface area contributed by atoms with E-state index in [4.69, 9.17) is 4.74 Å². The number of sulfonamides is 1. The predicted octanol–water partition coefficient (Wildman–Crippen LogP) is 4.70. The third-order valence-electron chi connectivity index (χ3n) is 6.55. The lowest BCUT2D eigenvalue weighted by atomic mass is 10.1. The summed E-state index contributed by atoms with van der Waals surface area (Å²) in [5.41, 5.74) is 2.98. The summed E-state index contributed by atoms with van der Waals surface area (Å²) in [6.07, 6.45) is 0. The molecule has 0 heterocycles. The fourth-order valence-corrected chi connectivity index (χ4v) is 5.49. The SMILES string of the molecule is COc1cccc(CN(C(=O)CN(c2ccc(C)cc2)S(=O)(=O)c2ccc(C)cc2)C(C)C(=O)NCC(C)C)c1. The van der Waals surface area contributed by atoms with E-state index in [2.05, 4.69) is 5.32 Å². The van der Waals surface area contributed by atoms with Crippen molar-refractivity contribution in [2.45, 2.75) is 52.1 Å². The quantitative estimate of drug-likeness (QED) is 0.344. The number of benzene rings is 3. The Hall–Kier alpha value is -3.85. The number of carbonyl (C=O) groups is 2. The molecule has 0 bridgehead atoms. The molecule has 3 rings (SSSR count). The average molecular weight is 566 g/mol. The summed E-state index contributed by atoms with van der Waals surface area (Å²) >= 11 is 0. The zero-order chi connectivity index (χ0) is 29.4. The topological polar surface area (TPSA) is 96.0 Å². The number of rotatable bonds is 12. The van der Waals surface area contributed by atoms with E-state index in [9.17, 15) is 18.0 Å². The molecule has 0 aliphatic carbocycles. The van der Waals surface area contributed by atoms with Crippen LogP contribution in [0.15, 0.2) is 77.7 Å². The molecule has 0 saturated carbocycles. The summed E-state index contributed by atoms with van der Waals surface area (Å²) in [4.78, 5) is 28.6. The molecule has 8 nitrogen and oxygen atoms in total. The second-order valence-corrected chi connectivity index (χ2v) is 12.2. The van der Waals surface area contributed by atoms with E-state index in [1.165, 1.54) is 17.0 Å². The van der Waals surface area contributed by atoms with E-state index >= 15 is 0 Å². The Labute approximate surface area is 238 Å². The van der Waals surface area contributed by atoms with Crippen molar-refractivity contribution in [3.05, 3.63) is 89.5 Å². The maximum Gasteiger partial charge on any atom is 0.264 e. The van der Waals surface area contributed by atoms with Gasteiger partial charge in [-0.3, -0.25) is 13.9 Å². The first-order valence-electron chi connectivity index (χ1n) is 13.3. The molecule has 0 aliphatic heterocycles. The van der Waals surface area contributed by atoms with Gasteiger partial charge in [0.2, 0.25) is 11.8 Å². The number of methoxy groups -OCH3 is 1. The second-order valence-electron chi connectivity index (χ2n) is 10.3. The molecule has 3 aromatic rings. The number of hydrogen-bond donors (Lipinski definition) is 1. The van der Waals surface area contributed by atoms with E-state index in [0.717, 1.165) is 21.0 Å². The fraction of sp³-hybridized carbons (Fsp3) is 0.355. The number of nitrogens with one attached hydrogen (secondary N) is 1. The smallest absolute Gasteiger partial charge is 0.264 e.